The standard InChI is InChI=1S/C18H10Br4N2O2/c1-23-13-9(3-7(19)5-11(13)21)17(25)15(23)16-18(26)10-4-8(20)6-12(22)14(10)24(16)2/h3-6H,1-2H3/b16-15+. The zero-order chi connectivity index (χ0) is 18.9. The molecular weight excluding hydrogens is 596 g/mol. The number of halogens is 4. The molecule has 0 radical (unpaired) electrons. The Hall–Kier alpha value is -0.960. The first-order valence-electron chi connectivity index (χ1n) is 7.51. The van der Waals surface area contributed by atoms with Crippen LogP contribution in [0.5, 0.6) is 0 Å². The van der Waals surface area contributed by atoms with E-state index >= 15 is 0 Å². The minimum absolute atomic E-state index is 0.164. The number of hydrogen-bond acceptors (Lipinski definition) is 4. The third kappa shape index (κ3) is 2.49. The van der Waals surface area contributed by atoms with Crippen molar-refractivity contribution < 1.29 is 9.59 Å². The fourth-order valence-electron chi connectivity index (χ4n) is 3.48. The van der Waals surface area contributed by atoms with Gasteiger partial charge < -0.3 is 9.80 Å². The summed E-state index contributed by atoms with van der Waals surface area (Å²) in [7, 11) is 3.61. The third-order valence-electron chi connectivity index (χ3n) is 4.54. The number of hydrogen-bond donors (Lipinski definition) is 0. The summed E-state index contributed by atoms with van der Waals surface area (Å²) in [5.41, 5.74) is 3.41. The molecule has 0 fully saturated rings. The average molecular weight is 606 g/mol. The number of ketones is 2. The number of Topliss-reactive ketones (excluding diaryl/α,β-unsaturated/α-hetero) is 2. The summed E-state index contributed by atoms with van der Waals surface area (Å²) in [6.07, 6.45) is 0. The average Bonchev–Trinajstić information content (AvgIpc) is 2.92. The molecule has 2 aromatic rings. The number of rotatable bonds is 0. The Kier molecular flexibility index (Phi) is 4.45. The highest BCUT2D eigenvalue weighted by atomic mass is 79.9. The van der Waals surface area contributed by atoms with Gasteiger partial charge in [-0.15, -0.1) is 0 Å². The number of carbonyl (C=O) groups is 2. The molecule has 2 aliphatic rings. The van der Waals surface area contributed by atoms with E-state index in [2.05, 4.69) is 63.7 Å². The van der Waals surface area contributed by atoms with Crippen LogP contribution >= 0.6 is 63.7 Å². The Morgan fingerprint density at radius 2 is 1.00 bits per heavy atom. The van der Waals surface area contributed by atoms with Crippen molar-refractivity contribution in [3.05, 3.63) is 64.7 Å². The fraction of sp³-hybridized carbons (Fsp3) is 0.111. The van der Waals surface area contributed by atoms with Crippen molar-refractivity contribution in [2.45, 2.75) is 0 Å². The van der Waals surface area contributed by atoms with Gasteiger partial charge in [-0.25, -0.2) is 0 Å². The third-order valence-corrected chi connectivity index (χ3v) is 6.67. The number of benzene rings is 2. The molecule has 2 aromatic carbocycles. The predicted octanol–water partition coefficient (Wildman–Crippen LogP) is 5.91. The Balaban J connectivity index is 1.97. The van der Waals surface area contributed by atoms with E-state index in [0.29, 0.717) is 22.5 Å². The van der Waals surface area contributed by atoms with E-state index in [9.17, 15) is 9.59 Å². The summed E-state index contributed by atoms with van der Waals surface area (Å²) < 4.78 is 3.19. The van der Waals surface area contributed by atoms with E-state index < -0.39 is 0 Å². The molecule has 26 heavy (non-hydrogen) atoms. The molecule has 0 bridgehead atoms. The first-order chi connectivity index (χ1) is 12.2. The highest BCUT2D eigenvalue weighted by Gasteiger charge is 2.42. The van der Waals surface area contributed by atoms with Crippen molar-refractivity contribution in [2.75, 3.05) is 23.9 Å². The number of allylic oxidation sites excluding steroid dienone is 2. The second kappa shape index (κ2) is 6.29. The molecule has 4 nitrogen and oxygen atoms in total. The predicted molar refractivity (Wildman–Crippen MR) is 116 cm³/mol. The SMILES string of the molecule is CN1/C(=C2\C(=O)c3cc(Br)cc(Br)c3N2C)C(=O)c2cc(Br)cc(Br)c21. The maximum Gasteiger partial charge on any atom is 0.213 e. The van der Waals surface area contributed by atoms with Gasteiger partial charge in [0.1, 0.15) is 11.4 Å². The lowest BCUT2D eigenvalue weighted by Crippen LogP contribution is -2.26. The van der Waals surface area contributed by atoms with E-state index in [1.54, 1.807) is 36.0 Å². The van der Waals surface area contributed by atoms with Crippen molar-refractivity contribution in [3.8, 4) is 0 Å². The Morgan fingerprint density at radius 3 is 1.35 bits per heavy atom. The summed E-state index contributed by atoms with van der Waals surface area (Å²) in [6, 6.07) is 7.34. The maximum absolute atomic E-state index is 13.2. The monoisotopic (exact) mass is 602 g/mol. The summed E-state index contributed by atoms with van der Waals surface area (Å²) in [6.45, 7) is 0. The topological polar surface area (TPSA) is 40.6 Å². The van der Waals surface area contributed by atoms with Gasteiger partial charge in [0.25, 0.3) is 0 Å². The lowest BCUT2D eigenvalue weighted by Gasteiger charge is -2.21. The largest absolute Gasteiger partial charge is 0.338 e. The highest BCUT2D eigenvalue weighted by Crippen LogP contribution is 2.47. The number of likely N-dealkylation sites (N-methyl/N-ethyl adjacent to an activating group) is 2. The van der Waals surface area contributed by atoms with Gasteiger partial charge in [0.15, 0.2) is 0 Å². The zero-order valence-corrected chi connectivity index (χ0v) is 19.9. The molecule has 4 rings (SSSR count). The fourth-order valence-corrected chi connectivity index (χ4v) is 6.46. The normalized spacial score (nSPS) is 18.7. The minimum Gasteiger partial charge on any atom is -0.338 e. The lowest BCUT2D eigenvalue weighted by molar-refractivity contribution is 0.100. The van der Waals surface area contributed by atoms with E-state index in [1.807, 2.05) is 12.1 Å². The molecule has 0 atom stereocenters. The number of nitrogens with zero attached hydrogens (tertiary/aromatic N) is 2. The Bertz CT molecular complexity index is 978. The second-order valence-electron chi connectivity index (χ2n) is 6.04. The van der Waals surface area contributed by atoms with Crippen LogP contribution < -0.4 is 9.80 Å². The summed E-state index contributed by atoms with van der Waals surface area (Å²) in [5, 5.41) is 0. The zero-order valence-electron chi connectivity index (χ0n) is 13.5. The van der Waals surface area contributed by atoms with Crippen LogP contribution in [0, 0.1) is 0 Å². The first-order valence-corrected chi connectivity index (χ1v) is 10.7. The van der Waals surface area contributed by atoms with Crippen molar-refractivity contribution >= 4 is 86.7 Å². The minimum atomic E-state index is -0.164. The molecule has 0 spiro atoms. The molecule has 0 unspecified atom stereocenters. The number of fused-ring (bicyclic) bond motifs is 2. The molecule has 0 amide bonds. The molecule has 8 heteroatoms. The Labute approximate surface area is 183 Å². The molecule has 0 aliphatic carbocycles. The van der Waals surface area contributed by atoms with Crippen molar-refractivity contribution in [3.63, 3.8) is 0 Å². The van der Waals surface area contributed by atoms with Gasteiger partial charge in [-0.1, -0.05) is 31.9 Å². The number of carbonyl (C=O) groups excluding carboxylic acids is 2. The van der Waals surface area contributed by atoms with Crippen LogP contribution in [0.3, 0.4) is 0 Å². The van der Waals surface area contributed by atoms with Crippen LogP contribution in [0.25, 0.3) is 0 Å². The summed E-state index contributed by atoms with van der Waals surface area (Å²) in [5.74, 6) is -0.328. The molecule has 0 saturated heterocycles. The summed E-state index contributed by atoms with van der Waals surface area (Å²) >= 11 is 13.9. The van der Waals surface area contributed by atoms with Gasteiger partial charge in [0.05, 0.1) is 22.5 Å². The van der Waals surface area contributed by atoms with Gasteiger partial charge in [0.2, 0.25) is 11.6 Å². The van der Waals surface area contributed by atoms with Crippen molar-refractivity contribution in [2.24, 2.45) is 0 Å². The van der Waals surface area contributed by atoms with Gasteiger partial charge in [0, 0.05) is 32.0 Å². The molecule has 0 aromatic heterocycles. The molecular formula is C18H10Br4N2O2. The van der Waals surface area contributed by atoms with Crippen LogP contribution in [0.2, 0.25) is 0 Å². The Morgan fingerprint density at radius 1 is 0.654 bits per heavy atom. The molecule has 0 saturated carbocycles. The molecule has 2 heterocycles. The van der Waals surface area contributed by atoms with Gasteiger partial charge in [-0.05, 0) is 56.1 Å². The molecule has 132 valence electrons. The van der Waals surface area contributed by atoms with E-state index in [-0.39, 0.29) is 11.6 Å². The lowest BCUT2D eigenvalue weighted by atomic mass is 10.1. The quantitative estimate of drug-likeness (QED) is 0.350. The van der Waals surface area contributed by atoms with E-state index in [4.69, 9.17) is 0 Å². The summed E-state index contributed by atoms with van der Waals surface area (Å²) in [4.78, 5) is 29.9. The van der Waals surface area contributed by atoms with Crippen LogP contribution in [0.15, 0.2) is 53.6 Å². The van der Waals surface area contributed by atoms with Crippen molar-refractivity contribution in [1.82, 2.24) is 0 Å². The molecule has 0 N–H and O–H groups in total. The van der Waals surface area contributed by atoms with Gasteiger partial charge in [-0.2, -0.15) is 0 Å². The van der Waals surface area contributed by atoms with Gasteiger partial charge in [-0.3, -0.25) is 9.59 Å². The smallest absolute Gasteiger partial charge is 0.213 e. The van der Waals surface area contributed by atoms with E-state index in [1.165, 1.54) is 0 Å². The van der Waals surface area contributed by atoms with Crippen LogP contribution in [-0.2, 0) is 0 Å². The van der Waals surface area contributed by atoms with E-state index in [0.717, 1.165) is 29.3 Å². The van der Waals surface area contributed by atoms with Crippen LogP contribution in [0.1, 0.15) is 20.7 Å². The van der Waals surface area contributed by atoms with Crippen molar-refractivity contribution in [1.29, 1.82) is 0 Å². The first kappa shape index (κ1) is 18.4. The van der Waals surface area contributed by atoms with Crippen LogP contribution in [-0.4, -0.2) is 25.7 Å². The number of anilines is 2. The molecule has 2 aliphatic heterocycles. The van der Waals surface area contributed by atoms with Gasteiger partial charge >= 0.3 is 0 Å². The second-order valence-corrected chi connectivity index (χ2v) is 9.58. The van der Waals surface area contributed by atoms with Crippen LogP contribution in [0.4, 0.5) is 11.4 Å². The maximum atomic E-state index is 13.2. The highest BCUT2D eigenvalue weighted by molar-refractivity contribution is 9.11.